The number of aldehydes is 1. The zero-order valence-electron chi connectivity index (χ0n) is 16.6. The Morgan fingerprint density at radius 2 is 1.70 bits per heavy atom. The summed E-state index contributed by atoms with van der Waals surface area (Å²) in [6.07, 6.45) is 3.01. The van der Waals surface area contributed by atoms with E-state index >= 15 is 0 Å². The quantitative estimate of drug-likeness (QED) is 0.634. The zero-order chi connectivity index (χ0) is 21.1. The van der Waals surface area contributed by atoms with Crippen LogP contribution in [0.2, 0.25) is 0 Å². The van der Waals surface area contributed by atoms with E-state index in [4.69, 9.17) is 0 Å². The third kappa shape index (κ3) is 4.11. The molecule has 1 aromatic heterocycles. The number of para-hydroxylation sites is 1. The van der Waals surface area contributed by atoms with Crippen LogP contribution >= 0.6 is 0 Å². The van der Waals surface area contributed by atoms with Crippen molar-refractivity contribution in [3.63, 3.8) is 0 Å². The number of piperidine rings is 1. The first-order valence-electron chi connectivity index (χ1n) is 10.1. The highest BCUT2D eigenvalue weighted by Crippen LogP contribution is 2.33. The van der Waals surface area contributed by atoms with Crippen molar-refractivity contribution >= 4 is 17.2 Å². The van der Waals surface area contributed by atoms with Crippen LogP contribution in [0.15, 0.2) is 58.1 Å². The number of aromatic nitrogens is 2. The molecule has 0 aliphatic carbocycles. The summed E-state index contributed by atoms with van der Waals surface area (Å²) in [7, 11) is 0. The van der Waals surface area contributed by atoms with Gasteiger partial charge in [-0.3, -0.25) is 9.36 Å². The number of benzene rings is 2. The van der Waals surface area contributed by atoms with Crippen LogP contribution in [-0.4, -0.2) is 40.4 Å². The molecule has 7 heteroatoms. The number of carbonyl (C=O) groups is 1. The second kappa shape index (κ2) is 8.36. The predicted molar refractivity (Wildman–Crippen MR) is 113 cm³/mol. The smallest absolute Gasteiger partial charge is 0.307 e. The number of aromatic amines is 1. The molecule has 6 nitrogen and oxygen atoms in total. The lowest BCUT2D eigenvalue weighted by atomic mass is 9.75. The fourth-order valence-corrected chi connectivity index (χ4v) is 4.21. The Morgan fingerprint density at radius 3 is 2.40 bits per heavy atom. The van der Waals surface area contributed by atoms with Crippen molar-refractivity contribution in [1.29, 1.82) is 0 Å². The van der Waals surface area contributed by atoms with Crippen molar-refractivity contribution in [3.8, 4) is 0 Å². The number of halogens is 1. The van der Waals surface area contributed by atoms with Gasteiger partial charge in [-0.15, -0.1) is 0 Å². The van der Waals surface area contributed by atoms with Gasteiger partial charge in [0.2, 0.25) is 0 Å². The lowest BCUT2D eigenvalue weighted by Crippen LogP contribution is -2.45. The van der Waals surface area contributed by atoms with E-state index in [0.717, 1.165) is 11.8 Å². The topological polar surface area (TPSA) is 75.2 Å². The minimum absolute atomic E-state index is 0.285. The van der Waals surface area contributed by atoms with E-state index in [1.165, 1.54) is 16.7 Å². The molecule has 0 spiro atoms. The van der Waals surface area contributed by atoms with E-state index in [1.807, 2.05) is 0 Å². The minimum atomic E-state index is -0.453. The summed E-state index contributed by atoms with van der Waals surface area (Å²) in [6.45, 7) is 2.28. The van der Waals surface area contributed by atoms with Crippen LogP contribution < -0.4 is 11.2 Å². The zero-order valence-corrected chi connectivity index (χ0v) is 16.6. The van der Waals surface area contributed by atoms with Crippen molar-refractivity contribution < 1.29 is 9.18 Å². The molecule has 4 rings (SSSR count). The van der Waals surface area contributed by atoms with E-state index in [0.29, 0.717) is 56.3 Å². The molecular formula is C23H24FN3O3. The van der Waals surface area contributed by atoms with Crippen LogP contribution in [0.5, 0.6) is 0 Å². The molecule has 1 N–H and O–H groups in total. The molecule has 0 radical (unpaired) electrons. The number of nitrogens with one attached hydrogen (secondary N) is 1. The maximum absolute atomic E-state index is 13.1. The van der Waals surface area contributed by atoms with Gasteiger partial charge in [-0.1, -0.05) is 24.3 Å². The summed E-state index contributed by atoms with van der Waals surface area (Å²) in [4.78, 5) is 41.8. The van der Waals surface area contributed by atoms with Gasteiger partial charge in [0.15, 0.2) is 0 Å². The Morgan fingerprint density at radius 1 is 1.00 bits per heavy atom. The average molecular weight is 409 g/mol. The summed E-state index contributed by atoms with van der Waals surface area (Å²) in [6, 6.07) is 13.3. The molecule has 1 aliphatic heterocycles. The number of fused-ring (bicyclic) bond motifs is 1. The van der Waals surface area contributed by atoms with Crippen molar-refractivity contribution in [1.82, 2.24) is 14.5 Å². The molecule has 30 heavy (non-hydrogen) atoms. The van der Waals surface area contributed by atoms with E-state index in [1.54, 1.807) is 36.4 Å². The molecule has 0 amide bonds. The molecule has 3 aromatic rings. The SMILES string of the molecule is O=CC1(Cc2ccc(F)cc2)CCN(CCn2c(=O)[nH]c3ccccc3c2=O)CC1. The van der Waals surface area contributed by atoms with Gasteiger partial charge < -0.3 is 14.7 Å². The van der Waals surface area contributed by atoms with Crippen LogP contribution in [0, 0.1) is 11.2 Å². The van der Waals surface area contributed by atoms with Crippen molar-refractivity contribution in [2.24, 2.45) is 5.41 Å². The number of H-pyrrole nitrogens is 1. The van der Waals surface area contributed by atoms with Crippen LogP contribution in [0.25, 0.3) is 10.9 Å². The van der Waals surface area contributed by atoms with Crippen molar-refractivity contribution in [2.75, 3.05) is 19.6 Å². The molecule has 1 saturated heterocycles. The molecule has 0 unspecified atom stereocenters. The van der Waals surface area contributed by atoms with Gasteiger partial charge in [0, 0.05) is 18.5 Å². The number of hydrogen-bond acceptors (Lipinski definition) is 4. The average Bonchev–Trinajstić information content (AvgIpc) is 2.76. The summed E-state index contributed by atoms with van der Waals surface area (Å²) < 4.78 is 14.4. The van der Waals surface area contributed by atoms with Crippen LogP contribution in [0.1, 0.15) is 18.4 Å². The van der Waals surface area contributed by atoms with E-state index in [9.17, 15) is 18.8 Å². The van der Waals surface area contributed by atoms with Gasteiger partial charge >= 0.3 is 5.69 Å². The molecule has 0 atom stereocenters. The molecule has 0 bridgehead atoms. The molecular weight excluding hydrogens is 385 g/mol. The third-order valence-corrected chi connectivity index (χ3v) is 6.10. The molecule has 1 aliphatic rings. The first kappa shape index (κ1) is 20.2. The van der Waals surface area contributed by atoms with E-state index < -0.39 is 11.1 Å². The minimum Gasteiger partial charge on any atom is -0.307 e. The van der Waals surface area contributed by atoms with Crippen LogP contribution in [-0.2, 0) is 17.8 Å². The Hall–Kier alpha value is -3.06. The highest BCUT2D eigenvalue weighted by Gasteiger charge is 2.34. The van der Waals surface area contributed by atoms with Gasteiger partial charge in [-0.25, -0.2) is 9.18 Å². The van der Waals surface area contributed by atoms with Crippen molar-refractivity contribution in [2.45, 2.75) is 25.8 Å². The van der Waals surface area contributed by atoms with Gasteiger partial charge in [-0.2, -0.15) is 0 Å². The first-order valence-corrected chi connectivity index (χ1v) is 10.1. The summed E-state index contributed by atoms with van der Waals surface area (Å²) in [5, 5.41) is 0.495. The van der Waals surface area contributed by atoms with Gasteiger partial charge in [-0.05, 0) is 62.2 Å². The van der Waals surface area contributed by atoms with Crippen LogP contribution in [0.3, 0.4) is 0 Å². The molecule has 156 valence electrons. The highest BCUT2D eigenvalue weighted by molar-refractivity contribution is 5.76. The maximum Gasteiger partial charge on any atom is 0.328 e. The third-order valence-electron chi connectivity index (χ3n) is 6.10. The fraction of sp³-hybridized carbons (Fsp3) is 0.348. The molecule has 0 saturated carbocycles. The van der Waals surface area contributed by atoms with Gasteiger partial charge in [0.1, 0.15) is 12.1 Å². The Kier molecular flexibility index (Phi) is 5.63. The Labute approximate surface area is 173 Å². The largest absolute Gasteiger partial charge is 0.328 e. The second-order valence-electron chi connectivity index (χ2n) is 8.06. The molecule has 2 aromatic carbocycles. The normalized spacial score (nSPS) is 16.6. The number of likely N-dealkylation sites (tertiary alicyclic amines) is 1. The number of carbonyl (C=O) groups excluding carboxylic acids is 1. The monoisotopic (exact) mass is 409 g/mol. The molecule has 1 fully saturated rings. The van der Waals surface area contributed by atoms with E-state index in [-0.39, 0.29) is 11.4 Å². The predicted octanol–water partition coefficient (Wildman–Crippen LogP) is 2.35. The lowest BCUT2D eigenvalue weighted by molar-refractivity contribution is -0.118. The standard InChI is InChI=1S/C23H24FN3O3/c24-18-7-5-17(6-8-18)15-23(16-28)9-11-26(12-10-23)13-14-27-21(29)19-3-1-2-4-20(19)25-22(27)30/h1-8,16H,9-15H2,(H,25,30). The lowest BCUT2D eigenvalue weighted by Gasteiger charge is -2.38. The second-order valence-corrected chi connectivity index (χ2v) is 8.06. The summed E-state index contributed by atoms with van der Waals surface area (Å²) in [5.41, 5.74) is 0.342. The van der Waals surface area contributed by atoms with E-state index in [2.05, 4.69) is 9.88 Å². The van der Waals surface area contributed by atoms with Gasteiger partial charge in [0.05, 0.1) is 10.9 Å². The summed E-state index contributed by atoms with van der Waals surface area (Å²) in [5.74, 6) is -0.285. The number of nitrogens with zero attached hydrogens (tertiary/aromatic N) is 2. The van der Waals surface area contributed by atoms with Crippen molar-refractivity contribution in [3.05, 3.63) is 80.7 Å². The van der Waals surface area contributed by atoms with Gasteiger partial charge in [0.25, 0.3) is 5.56 Å². The van der Waals surface area contributed by atoms with Crippen LogP contribution in [0.4, 0.5) is 4.39 Å². The maximum atomic E-state index is 13.1. The highest BCUT2D eigenvalue weighted by atomic mass is 19.1. The number of rotatable bonds is 6. The fourth-order valence-electron chi connectivity index (χ4n) is 4.21. The Balaban J connectivity index is 1.41. The molecule has 2 heterocycles. The Bertz CT molecular complexity index is 1160. The number of hydrogen-bond donors (Lipinski definition) is 1. The first-order chi connectivity index (χ1) is 14.5. The summed E-state index contributed by atoms with van der Waals surface area (Å²) >= 11 is 0.